The number of carbonyl (C=O) groups is 1. The summed E-state index contributed by atoms with van der Waals surface area (Å²) in [6.07, 6.45) is 2.02. The molecule has 19 heavy (non-hydrogen) atoms. The second-order valence-electron chi connectivity index (χ2n) is 4.15. The van der Waals surface area contributed by atoms with Crippen molar-refractivity contribution < 1.29 is 13.9 Å². The first-order valence-electron chi connectivity index (χ1n) is 5.88. The molecule has 0 fully saturated rings. The highest BCUT2D eigenvalue weighted by atomic mass is 19.1. The molecule has 5 heteroatoms. The first-order valence-corrected chi connectivity index (χ1v) is 5.88. The van der Waals surface area contributed by atoms with Crippen LogP contribution in [0.3, 0.4) is 0 Å². The van der Waals surface area contributed by atoms with Gasteiger partial charge in [0, 0.05) is 18.3 Å². The van der Waals surface area contributed by atoms with Gasteiger partial charge in [0.05, 0.1) is 12.8 Å². The molecule has 1 heterocycles. The standard InChI is InChI=1S/C14H15FN2O2/c1-19-14(18)12(16)9-10-5-4-8-17(10)13-7-3-2-6-11(13)15/h2-8,12H,9,16H2,1H3. The van der Waals surface area contributed by atoms with Crippen molar-refractivity contribution in [2.24, 2.45) is 5.73 Å². The van der Waals surface area contributed by atoms with Crippen LogP contribution in [0, 0.1) is 5.82 Å². The fourth-order valence-electron chi connectivity index (χ4n) is 1.92. The van der Waals surface area contributed by atoms with E-state index in [9.17, 15) is 9.18 Å². The van der Waals surface area contributed by atoms with Crippen molar-refractivity contribution in [1.82, 2.24) is 4.57 Å². The lowest BCUT2D eigenvalue weighted by Crippen LogP contribution is -2.34. The fraction of sp³-hybridized carbons (Fsp3) is 0.214. The van der Waals surface area contributed by atoms with Crippen LogP contribution >= 0.6 is 0 Å². The molecule has 2 N–H and O–H groups in total. The van der Waals surface area contributed by atoms with Crippen molar-refractivity contribution in [3.05, 3.63) is 54.1 Å². The van der Waals surface area contributed by atoms with E-state index >= 15 is 0 Å². The van der Waals surface area contributed by atoms with Gasteiger partial charge in [-0.3, -0.25) is 4.79 Å². The number of nitrogens with two attached hydrogens (primary N) is 1. The summed E-state index contributed by atoms with van der Waals surface area (Å²) in [7, 11) is 1.29. The van der Waals surface area contributed by atoms with Gasteiger partial charge in [0.15, 0.2) is 0 Å². The summed E-state index contributed by atoms with van der Waals surface area (Å²) in [5.74, 6) is -0.812. The van der Waals surface area contributed by atoms with Gasteiger partial charge >= 0.3 is 5.97 Å². The average molecular weight is 262 g/mol. The molecule has 0 aliphatic heterocycles. The van der Waals surface area contributed by atoms with Gasteiger partial charge < -0.3 is 15.0 Å². The van der Waals surface area contributed by atoms with Gasteiger partial charge in [0.2, 0.25) is 0 Å². The third-order valence-electron chi connectivity index (χ3n) is 2.88. The van der Waals surface area contributed by atoms with Crippen LogP contribution in [0.4, 0.5) is 4.39 Å². The highest BCUT2D eigenvalue weighted by molar-refractivity contribution is 5.75. The SMILES string of the molecule is COC(=O)C(N)Cc1cccn1-c1ccccc1F. The number of hydrogen-bond donors (Lipinski definition) is 1. The Bertz CT molecular complexity index is 580. The Morgan fingerprint density at radius 1 is 1.37 bits per heavy atom. The zero-order chi connectivity index (χ0) is 13.8. The number of esters is 1. The van der Waals surface area contributed by atoms with E-state index in [1.54, 1.807) is 41.1 Å². The van der Waals surface area contributed by atoms with Crippen LogP contribution in [0.25, 0.3) is 5.69 Å². The number of ether oxygens (including phenoxy) is 1. The average Bonchev–Trinajstić information content (AvgIpc) is 2.86. The maximum absolute atomic E-state index is 13.8. The number of methoxy groups -OCH3 is 1. The van der Waals surface area contributed by atoms with Crippen LogP contribution in [0.15, 0.2) is 42.6 Å². The van der Waals surface area contributed by atoms with E-state index in [1.165, 1.54) is 13.2 Å². The summed E-state index contributed by atoms with van der Waals surface area (Å²) in [6.45, 7) is 0. The molecule has 4 nitrogen and oxygen atoms in total. The van der Waals surface area contributed by atoms with Crippen molar-refractivity contribution >= 4 is 5.97 Å². The Morgan fingerprint density at radius 3 is 2.79 bits per heavy atom. The van der Waals surface area contributed by atoms with E-state index in [1.807, 2.05) is 0 Å². The molecule has 100 valence electrons. The number of nitrogens with zero attached hydrogens (tertiary/aromatic N) is 1. The fourth-order valence-corrected chi connectivity index (χ4v) is 1.92. The van der Waals surface area contributed by atoms with Crippen LogP contribution in [0.2, 0.25) is 0 Å². The van der Waals surface area contributed by atoms with Crippen LogP contribution in [0.5, 0.6) is 0 Å². The second kappa shape index (κ2) is 5.67. The Labute approximate surface area is 110 Å². The molecule has 1 aromatic heterocycles. The lowest BCUT2D eigenvalue weighted by atomic mass is 10.1. The quantitative estimate of drug-likeness (QED) is 0.852. The Morgan fingerprint density at radius 2 is 2.11 bits per heavy atom. The minimum Gasteiger partial charge on any atom is -0.468 e. The zero-order valence-electron chi connectivity index (χ0n) is 10.5. The van der Waals surface area contributed by atoms with E-state index in [2.05, 4.69) is 4.74 Å². The molecular weight excluding hydrogens is 247 g/mol. The molecule has 0 aliphatic carbocycles. The highest BCUT2D eigenvalue weighted by Crippen LogP contribution is 2.17. The number of para-hydroxylation sites is 1. The Hall–Kier alpha value is -2.14. The molecule has 1 aromatic carbocycles. The van der Waals surface area contributed by atoms with Gasteiger partial charge in [-0.05, 0) is 24.3 Å². The molecule has 0 amide bonds. The lowest BCUT2D eigenvalue weighted by molar-refractivity contribution is -0.142. The summed E-state index contributed by atoms with van der Waals surface area (Å²) in [5.41, 5.74) is 6.91. The van der Waals surface area contributed by atoms with Crippen LogP contribution in [-0.2, 0) is 16.0 Å². The third-order valence-corrected chi connectivity index (χ3v) is 2.88. The number of aromatic nitrogens is 1. The van der Waals surface area contributed by atoms with E-state index < -0.39 is 12.0 Å². The van der Waals surface area contributed by atoms with Gasteiger partial charge in [-0.1, -0.05) is 12.1 Å². The van der Waals surface area contributed by atoms with Crippen LogP contribution in [0.1, 0.15) is 5.69 Å². The summed E-state index contributed by atoms with van der Waals surface area (Å²) in [6, 6.07) is 9.26. The first-order chi connectivity index (χ1) is 9.13. The number of rotatable bonds is 4. The predicted octanol–water partition coefficient (Wildman–Crippen LogP) is 1.66. The molecule has 0 saturated heterocycles. The smallest absolute Gasteiger partial charge is 0.323 e. The van der Waals surface area contributed by atoms with Gasteiger partial charge in [-0.15, -0.1) is 0 Å². The molecule has 2 rings (SSSR count). The van der Waals surface area contributed by atoms with Gasteiger partial charge in [0.25, 0.3) is 0 Å². The summed E-state index contributed by atoms with van der Waals surface area (Å²) in [4.78, 5) is 11.3. The van der Waals surface area contributed by atoms with Crippen molar-refractivity contribution in [2.45, 2.75) is 12.5 Å². The minimum atomic E-state index is -0.759. The van der Waals surface area contributed by atoms with Gasteiger partial charge in [-0.2, -0.15) is 0 Å². The number of hydrogen-bond acceptors (Lipinski definition) is 3. The lowest BCUT2D eigenvalue weighted by Gasteiger charge is -2.13. The van der Waals surface area contributed by atoms with Crippen molar-refractivity contribution in [1.29, 1.82) is 0 Å². The highest BCUT2D eigenvalue weighted by Gasteiger charge is 2.17. The van der Waals surface area contributed by atoms with Crippen LogP contribution < -0.4 is 5.73 Å². The predicted molar refractivity (Wildman–Crippen MR) is 69.4 cm³/mol. The molecular formula is C14H15FN2O2. The van der Waals surface area contributed by atoms with E-state index in [4.69, 9.17) is 5.73 Å². The van der Waals surface area contributed by atoms with E-state index in [-0.39, 0.29) is 12.2 Å². The minimum absolute atomic E-state index is 0.286. The largest absolute Gasteiger partial charge is 0.468 e. The monoisotopic (exact) mass is 262 g/mol. The van der Waals surface area contributed by atoms with E-state index in [0.717, 1.165) is 5.69 Å². The molecule has 0 aliphatic rings. The topological polar surface area (TPSA) is 57.2 Å². The van der Waals surface area contributed by atoms with Crippen molar-refractivity contribution in [3.8, 4) is 5.69 Å². The third kappa shape index (κ3) is 2.82. The second-order valence-corrected chi connectivity index (χ2v) is 4.15. The molecule has 0 radical (unpaired) electrons. The number of carbonyl (C=O) groups excluding carboxylic acids is 1. The molecule has 0 spiro atoms. The van der Waals surface area contributed by atoms with Crippen LogP contribution in [-0.4, -0.2) is 23.7 Å². The maximum Gasteiger partial charge on any atom is 0.323 e. The molecule has 2 aromatic rings. The van der Waals surface area contributed by atoms with Crippen molar-refractivity contribution in [2.75, 3.05) is 7.11 Å². The molecule has 0 bridgehead atoms. The molecule has 1 unspecified atom stereocenters. The summed E-state index contributed by atoms with van der Waals surface area (Å²) in [5, 5.41) is 0. The number of halogens is 1. The van der Waals surface area contributed by atoms with Gasteiger partial charge in [0.1, 0.15) is 11.9 Å². The van der Waals surface area contributed by atoms with Crippen molar-refractivity contribution in [3.63, 3.8) is 0 Å². The van der Waals surface area contributed by atoms with Gasteiger partial charge in [-0.25, -0.2) is 4.39 Å². The first kappa shape index (κ1) is 13.3. The zero-order valence-corrected chi connectivity index (χ0v) is 10.5. The molecule has 0 saturated carbocycles. The normalized spacial score (nSPS) is 12.2. The Kier molecular flexibility index (Phi) is 3.97. The summed E-state index contributed by atoms with van der Waals surface area (Å²) < 4.78 is 20.0. The maximum atomic E-state index is 13.8. The number of benzene rings is 1. The Balaban J connectivity index is 2.28. The summed E-state index contributed by atoms with van der Waals surface area (Å²) >= 11 is 0. The van der Waals surface area contributed by atoms with E-state index in [0.29, 0.717) is 5.69 Å². The molecule has 1 atom stereocenters.